The Balaban J connectivity index is 1.24. The largest absolute Gasteiger partial charge is 0.480 e. The average molecular weight is 381 g/mol. The lowest BCUT2D eigenvalue weighted by atomic mass is 9.85. The van der Waals surface area contributed by atoms with Crippen molar-refractivity contribution < 1.29 is 14.7 Å². The maximum absolute atomic E-state index is 12.4. The summed E-state index contributed by atoms with van der Waals surface area (Å²) in [7, 11) is 0. The van der Waals surface area contributed by atoms with E-state index in [-0.39, 0.29) is 24.5 Å². The van der Waals surface area contributed by atoms with Crippen LogP contribution in [0.1, 0.15) is 37.7 Å². The molecule has 2 aromatic rings. The lowest BCUT2D eigenvalue weighted by Crippen LogP contribution is -2.55. The second kappa shape index (κ2) is 8.27. The lowest BCUT2D eigenvalue weighted by Gasteiger charge is -2.42. The summed E-state index contributed by atoms with van der Waals surface area (Å²) in [5.41, 5.74) is 2.10. The number of carbonyl (C=O) groups excluding carboxylic acids is 1. The van der Waals surface area contributed by atoms with Crippen LogP contribution in [0.15, 0.2) is 36.5 Å². The van der Waals surface area contributed by atoms with Gasteiger partial charge in [0.15, 0.2) is 0 Å². The van der Waals surface area contributed by atoms with E-state index in [1.807, 2.05) is 30.3 Å². The van der Waals surface area contributed by atoms with Crippen LogP contribution in [-0.2, 0) is 16.0 Å². The molecule has 4 rings (SSSR count). The monoisotopic (exact) mass is 381 g/mol. The first-order chi connectivity index (χ1) is 13.6. The minimum Gasteiger partial charge on any atom is -0.480 e. The smallest absolute Gasteiger partial charge is 0.317 e. The van der Waals surface area contributed by atoms with E-state index >= 15 is 0 Å². The Bertz CT molecular complexity index is 854. The van der Waals surface area contributed by atoms with Gasteiger partial charge in [0, 0.05) is 36.6 Å². The number of aryl methyl sites for hydroxylation is 1. The van der Waals surface area contributed by atoms with E-state index in [2.05, 4.69) is 15.2 Å². The van der Waals surface area contributed by atoms with Crippen molar-refractivity contribution >= 4 is 22.8 Å². The second-order valence-electron chi connectivity index (χ2n) is 8.14. The molecule has 2 N–H and O–H groups in total. The van der Waals surface area contributed by atoms with Crippen LogP contribution in [0.5, 0.6) is 0 Å². The Morgan fingerprint density at radius 1 is 1.18 bits per heavy atom. The molecule has 1 aromatic heterocycles. The highest BCUT2D eigenvalue weighted by Crippen LogP contribution is 2.33. The quantitative estimate of drug-likeness (QED) is 0.698. The minimum atomic E-state index is -0.766. The highest BCUT2D eigenvalue weighted by Gasteiger charge is 2.37. The number of carbonyl (C=O) groups is 2. The van der Waals surface area contributed by atoms with E-state index in [0.717, 1.165) is 35.9 Å². The molecule has 2 aliphatic rings. The number of para-hydroxylation sites is 1. The van der Waals surface area contributed by atoms with E-state index in [4.69, 9.17) is 5.11 Å². The van der Waals surface area contributed by atoms with Gasteiger partial charge in [-0.3, -0.25) is 19.5 Å². The van der Waals surface area contributed by atoms with Crippen LogP contribution >= 0.6 is 0 Å². The topological polar surface area (TPSA) is 82.5 Å². The average Bonchev–Trinajstić information content (AvgIpc) is 3.45. The van der Waals surface area contributed by atoms with Crippen molar-refractivity contribution in [3.63, 3.8) is 0 Å². The Morgan fingerprint density at radius 3 is 2.71 bits per heavy atom. The van der Waals surface area contributed by atoms with Gasteiger partial charge in [-0.25, -0.2) is 0 Å². The number of nitrogens with one attached hydrogen (secondary N) is 1. The number of aromatic nitrogens is 1. The van der Waals surface area contributed by atoms with Gasteiger partial charge in [-0.15, -0.1) is 0 Å². The fourth-order valence-electron chi connectivity index (χ4n) is 4.07. The molecule has 0 bridgehead atoms. The molecule has 2 aliphatic carbocycles. The van der Waals surface area contributed by atoms with E-state index in [9.17, 15) is 9.59 Å². The van der Waals surface area contributed by atoms with Crippen molar-refractivity contribution in [3.05, 3.63) is 42.1 Å². The van der Waals surface area contributed by atoms with Crippen LogP contribution in [0.3, 0.4) is 0 Å². The molecule has 148 valence electrons. The number of amides is 1. The molecule has 0 unspecified atom stereocenters. The van der Waals surface area contributed by atoms with Crippen LogP contribution in [0.2, 0.25) is 0 Å². The Kier molecular flexibility index (Phi) is 5.57. The number of hydrogen-bond donors (Lipinski definition) is 2. The van der Waals surface area contributed by atoms with Crippen LogP contribution < -0.4 is 5.32 Å². The van der Waals surface area contributed by atoms with Crippen molar-refractivity contribution in [2.75, 3.05) is 13.1 Å². The summed E-state index contributed by atoms with van der Waals surface area (Å²) in [6.45, 7) is 0.990. The van der Waals surface area contributed by atoms with Gasteiger partial charge in [0.25, 0.3) is 0 Å². The molecule has 6 nitrogen and oxygen atoms in total. The number of aliphatic carboxylic acids is 1. The van der Waals surface area contributed by atoms with Gasteiger partial charge in [-0.1, -0.05) is 18.2 Å². The molecule has 0 radical (unpaired) electrons. The van der Waals surface area contributed by atoms with Gasteiger partial charge in [-0.05, 0) is 55.7 Å². The molecule has 0 spiro atoms. The highest BCUT2D eigenvalue weighted by atomic mass is 16.4. The third-order valence-corrected chi connectivity index (χ3v) is 5.88. The summed E-state index contributed by atoms with van der Waals surface area (Å²) in [5, 5.41) is 13.4. The number of pyridine rings is 1. The molecular formula is C22H27N3O3. The molecule has 28 heavy (non-hydrogen) atoms. The third-order valence-electron chi connectivity index (χ3n) is 5.88. The number of nitrogens with zero attached hydrogens (tertiary/aromatic N) is 2. The fraction of sp³-hybridized carbons (Fsp3) is 0.500. The third kappa shape index (κ3) is 4.68. The van der Waals surface area contributed by atoms with Crippen LogP contribution in [-0.4, -0.2) is 52.0 Å². The normalized spacial score (nSPS) is 21.5. The zero-order chi connectivity index (χ0) is 19.5. The van der Waals surface area contributed by atoms with Crippen LogP contribution in [0.25, 0.3) is 10.9 Å². The summed E-state index contributed by atoms with van der Waals surface area (Å²) in [6, 6.07) is 10.4. The summed E-state index contributed by atoms with van der Waals surface area (Å²) < 4.78 is 0. The van der Waals surface area contributed by atoms with Gasteiger partial charge in [-0.2, -0.15) is 0 Å². The summed E-state index contributed by atoms with van der Waals surface area (Å²) in [4.78, 5) is 29.9. The molecular weight excluding hydrogens is 354 g/mol. The Hall–Kier alpha value is -2.47. The zero-order valence-electron chi connectivity index (χ0n) is 16.0. The maximum atomic E-state index is 12.4. The number of carboxylic acid groups (broad SMARTS) is 1. The molecule has 2 fully saturated rings. The number of fused-ring (bicyclic) bond motifs is 1. The van der Waals surface area contributed by atoms with E-state index in [1.165, 1.54) is 12.8 Å². The van der Waals surface area contributed by atoms with Gasteiger partial charge >= 0.3 is 5.97 Å². The SMILES string of the molecule is O=C(O)CN(CC1CC1)C1CC(NC(=O)CCc2ccnc3ccccc23)C1. The van der Waals surface area contributed by atoms with Crippen LogP contribution in [0.4, 0.5) is 0 Å². The highest BCUT2D eigenvalue weighted by molar-refractivity contribution is 5.83. The van der Waals surface area contributed by atoms with Gasteiger partial charge in [0.1, 0.15) is 0 Å². The summed E-state index contributed by atoms with van der Waals surface area (Å²) >= 11 is 0. The van der Waals surface area contributed by atoms with Gasteiger partial charge < -0.3 is 10.4 Å². The predicted octanol–water partition coefficient (Wildman–Crippen LogP) is 2.61. The zero-order valence-corrected chi connectivity index (χ0v) is 16.0. The Labute approximate surface area is 164 Å². The van der Waals surface area contributed by atoms with Crippen molar-refractivity contribution in [2.45, 2.75) is 50.6 Å². The van der Waals surface area contributed by atoms with Crippen LogP contribution in [0, 0.1) is 5.92 Å². The first kappa shape index (κ1) is 18.9. The Morgan fingerprint density at radius 2 is 1.96 bits per heavy atom. The van der Waals surface area contributed by atoms with Gasteiger partial charge in [0.05, 0.1) is 12.1 Å². The second-order valence-corrected chi connectivity index (χ2v) is 8.14. The number of rotatable bonds is 9. The van der Waals surface area contributed by atoms with Gasteiger partial charge in [0.2, 0.25) is 5.91 Å². The molecule has 1 amide bonds. The molecule has 0 saturated heterocycles. The molecule has 1 heterocycles. The first-order valence-electron chi connectivity index (χ1n) is 10.2. The van der Waals surface area contributed by atoms with Crippen molar-refractivity contribution in [2.24, 2.45) is 5.92 Å². The van der Waals surface area contributed by atoms with E-state index < -0.39 is 5.97 Å². The number of carboxylic acids is 1. The first-order valence-corrected chi connectivity index (χ1v) is 10.2. The number of benzene rings is 1. The number of hydrogen-bond acceptors (Lipinski definition) is 4. The molecule has 2 saturated carbocycles. The lowest BCUT2D eigenvalue weighted by molar-refractivity contribution is -0.140. The molecule has 0 aliphatic heterocycles. The fourth-order valence-corrected chi connectivity index (χ4v) is 4.07. The maximum Gasteiger partial charge on any atom is 0.317 e. The van der Waals surface area contributed by atoms with Crippen molar-refractivity contribution in [3.8, 4) is 0 Å². The van der Waals surface area contributed by atoms with E-state index in [0.29, 0.717) is 18.8 Å². The summed E-state index contributed by atoms with van der Waals surface area (Å²) in [5.74, 6) is -0.0304. The molecule has 1 aromatic carbocycles. The van der Waals surface area contributed by atoms with Crippen molar-refractivity contribution in [1.82, 2.24) is 15.2 Å². The molecule has 0 atom stereocenters. The summed E-state index contributed by atoms with van der Waals surface area (Å²) in [6.07, 6.45) is 7.07. The minimum absolute atomic E-state index is 0.0660. The predicted molar refractivity (Wildman–Crippen MR) is 107 cm³/mol. The molecule has 6 heteroatoms. The standard InChI is InChI=1S/C22H27N3O3/c26-21(8-7-16-9-10-23-20-4-2-1-3-19(16)20)24-17-11-18(12-17)25(14-22(27)28)13-15-5-6-15/h1-4,9-10,15,17-18H,5-8,11-14H2,(H,24,26)(H,27,28). The van der Waals surface area contributed by atoms with Crippen molar-refractivity contribution in [1.29, 1.82) is 0 Å². The van der Waals surface area contributed by atoms with E-state index in [1.54, 1.807) is 6.20 Å².